The van der Waals surface area contributed by atoms with E-state index < -0.39 is 9.05 Å². The van der Waals surface area contributed by atoms with Crippen LogP contribution in [0.1, 0.15) is 29.5 Å². The fraction of sp³-hybridized carbons (Fsp3) is 0.571. The lowest BCUT2D eigenvalue weighted by molar-refractivity contribution is 0.610. The second kappa shape index (κ2) is 2.93. The molecule has 2 rings (SSSR count). The molecular formula is C7H8ClNO2S2. The van der Waals surface area contributed by atoms with E-state index in [4.69, 9.17) is 10.7 Å². The highest BCUT2D eigenvalue weighted by atomic mass is 35.7. The van der Waals surface area contributed by atoms with Gasteiger partial charge in [-0.1, -0.05) is 0 Å². The summed E-state index contributed by atoms with van der Waals surface area (Å²) in [5.41, 5.74) is 0.530. The summed E-state index contributed by atoms with van der Waals surface area (Å²) in [5.74, 6) is 0.482. The van der Waals surface area contributed by atoms with E-state index in [-0.39, 0.29) is 4.21 Å². The first kappa shape index (κ1) is 9.43. The Bertz CT molecular complexity index is 433. The van der Waals surface area contributed by atoms with E-state index in [1.165, 1.54) is 11.3 Å². The maximum Gasteiger partial charge on any atom is 0.272 e. The highest BCUT2D eigenvalue weighted by molar-refractivity contribution is 8.15. The highest BCUT2D eigenvalue weighted by Crippen LogP contribution is 2.43. The molecule has 0 aromatic carbocycles. The van der Waals surface area contributed by atoms with Gasteiger partial charge in [0, 0.05) is 16.6 Å². The van der Waals surface area contributed by atoms with Crippen molar-refractivity contribution in [2.75, 3.05) is 0 Å². The first-order chi connectivity index (χ1) is 5.98. The first-order valence-corrected chi connectivity index (χ1v) is 7.03. The van der Waals surface area contributed by atoms with Crippen molar-refractivity contribution in [2.24, 2.45) is 0 Å². The number of nitrogens with zero attached hydrogens (tertiary/aromatic N) is 1. The third-order valence-corrected chi connectivity index (χ3v) is 5.42. The number of rotatable bonds is 2. The molecule has 0 N–H and O–H groups in total. The van der Waals surface area contributed by atoms with Gasteiger partial charge in [-0.25, -0.2) is 13.4 Å². The number of aromatic nitrogens is 1. The van der Waals surface area contributed by atoms with E-state index in [0.29, 0.717) is 11.6 Å². The van der Waals surface area contributed by atoms with Crippen molar-refractivity contribution in [3.05, 3.63) is 10.7 Å². The van der Waals surface area contributed by atoms with Crippen LogP contribution >= 0.6 is 22.0 Å². The molecule has 1 aliphatic carbocycles. The fourth-order valence-corrected chi connectivity index (χ4v) is 3.77. The van der Waals surface area contributed by atoms with Gasteiger partial charge in [0.05, 0.1) is 10.7 Å². The van der Waals surface area contributed by atoms with Crippen LogP contribution in [0.15, 0.2) is 4.21 Å². The van der Waals surface area contributed by atoms with Crippen molar-refractivity contribution in [3.8, 4) is 0 Å². The Kier molecular flexibility index (Phi) is 2.13. The number of hydrogen-bond acceptors (Lipinski definition) is 4. The summed E-state index contributed by atoms with van der Waals surface area (Å²) in [6.45, 7) is 1.68. The monoisotopic (exact) mass is 237 g/mol. The van der Waals surface area contributed by atoms with Crippen LogP contribution in [0.4, 0.5) is 0 Å². The molecule has 13 heavy (non-hydrogen) atoms. The molecule has 1 aromatic heterocycles. The van der Waals surface area contributed by atoms with Gasteiger partial charge < -0.3 is 0 Å². The zero-order valence-corrected chi connectivity index (χ0v) is 9.34. The van der Waals surface area contributed by atoms with Crippen LogP contribution in [0.3, 0.4) is 0 Å². The Morgan fingerprint density at radius 3 is 2.54 bits per heavy atom. The van der Waals surface area contributed by atoms with Crippen LogP contribution in [-0.2, 0) is 9.05 Å². The summed E-state index contributed by atoms with van der Waals surface area (Å²) in [4.78, 5) is 4.19. The smallest absolute Gasteiger partial charge is 0.245 e. The van der Waals surface area contributed by atoms with E-state index in [2.05, 4.69) is 4.98 Å². The van der Waals surface area contributed by atoms with Crippen molar-refractivity contribution in [3.63, 3.8) is 0 Å². The summed E-state index contributed by atoms with van der Waals surface area (Å²) >= 11 is 1.21. The van der Waals surface area contributed by atoms with Crippen molar-refractivity contribution < 1.29 is 8.42 Å². The van der Waals surface area contributed by atoms with Gasteiger partial charge in [0.1, 0.15) is 0 Å². The van der Waals surface area contributed by atoms with Crippen molar-refractivity contribution in [1.82, 2.24) is 4.98 Å². The molecule has 6 heteroatoms. The summed E-state index contributed by atoms with van der Waals surface area (Å²) in [6, 6.07) is 0. The Hall–Kier alpha value is -0.130. The van der Waals surface area contributed by atoms with Gasteiger partial charge in [-0.3, -0.25) is 0 Å². The Labute approximate surface area is 85.2 Å². The van der Waals surface area contributed by atoms with Crippen LogP contribution in [0, 0.1) is 6.92 Å². The van der Waals surface area contributed by atoms with Crippen molar-refractivity contribution in [2.45, 2.75) is 29.9 Å². The zero-order chi connectivity index (χ0) is 9.64. The zero-order valence-electron chi connectivity index (χ0n) is 6.95. The maximum atomic E-state index is 11.0. The normalized spacial score (nSPS) is 17.7. The quantitative estimate of drug-likeness (QED) is 0.742. The first-order valence-electron chi connectivity index (χ1n) is 3.90. The van der Waals surface area contributed by atoms with Crippen LogP contribution in [0.5, 0.6) is 0 Å². The molecule has 72 valence electrons. The van der Waals surface area contributed by atoms with Gasteiger partial charge >= 0.3 is 0 Å². The SMILES string of the molecule is Cc1nc(C2CC2)sc1S(=O)(=O)Cl. The molecule has 0 bridgehead atoms. The van der Waals surface area contributed by atoms with Gasteiger partial charge in [0.15, 0.2) is 4.21 Å². The molecule has 0 radical (unpaired) electrons. The number of aryl methyl sites for hydroxylation is 1. The number of thiazole rings is 1. The molecule has 1 saturated carbocycles. The molecule has 0 saturated heterocycles. The molecule has 0 unspecified atom stereocenters. The fourth-order valence-electron chi connectivity index (χ4n) is 1.13. The third-order valence-electron chi connectivity index (χ3n) is 1.92. The molecule has 1 heterocycles. The summed E-state index contributed by atoms with van der Waals surface area (Å²) in [7, 11) is 1.65. The van der Waals surface area contributed by atoms with E-state index in [9.17, 15) is 8.42 Å². The Morgan fingerprint density at radius 1 is 1.54 bits per heavy atom. The van der Waals surface area contributed by atoms with Gasteiger partial charge in [-0.05, 0) is 19.8 Å². The topological polar surface area (TPSA) is 47.0 Å². The summed E-state index contributed by atoms with van der Waals surface area (Å²) < 4.78 is 22.3. The minimum absolute atomic E-state index is 0.205. The Balaban J connectivity index is 2.47. The Morgan fingerprint density at radius 2 is 2.15 bits per heavy atom. The van der Waals surface area contributed by atoms with Gasteiger partial charge in [0.25, 0.3) is 9.05 Å². The van der Waals surface area contributed by atoms with E-state index in [1.807, 2.05) is 0 Å². The van der Waals surface area contributed by atoms with Crippen molar-refractivity contribution in [1.29, 1.82) is 0 Å². The highest BCUT2D eigenvalue weighted by Gasteiger charge is 2.29. The molecule has 0 atom stereocenters. The van der Waals surface area contributed by atoms with Gasteiger partial charge in [0.2, 0.25) is 0 Å². The molecule has 0 amide bonds. The van der Waals surface area contributed by atoms with Crippen LogP contribution in [0.25, 0.3) is 0 Å². The second-order valence-electron chi connectivity index (χ2n) is 3.14. The molecule has 1 fully saturated rings. The molecule has 0 spiro atoms. The molecule has 1 aromatic rings. The predicted molar refractivity (Wildman–Crippen MR) is 51.9 cm³/mol. The summed E-state index contributed by atoms with van der Waals surface area (Å²) in [6.07, 6.45) is 2.24. The van der Waals surface area contributed by atoms with Crippen LogP contribution in [-0.4, -0.2) is 13.4 Å². The summed E-state index contributed by atoms with van der Waals surface area (Å²) in [5, 5.41) is 0.914. The standard InChI is InChI=1S/C7H8ClNO2S2/c1-4-7(13(8,10)11)12-6(9-4)5-2-3-5/h5H,2-3H2,1H3. The van der Waals surface area contributed by atoms with Gasteiger partial charge in [-0.15, -0.1) is 11.3 Å². The van der Waals surface area contributed by atoms with Crippen LogP contribution < -0.4 is 0 Å². The van der Waals surface area contributed by atoms with E-state index in [0.717, 1.165) is 17.8 Å². The average Bonchev–Trinajstić information content (AvgIpc) is 2.73. The number of hydrogen-bond donors (Lipinski definition) is 0. The van der Waals surface area contributed by atoms with Gasteiger partial charge in [-0.2, -0.15) is 0 Å². The van der Waals surface area contributed by atoms with Crippen molar-refractivity contribution >= 4 is 31.1 Å². The average molecular weight is 238 g/mol. The van der Waals surface area contributed by atoms with E-state index in [1.54, 1.807) is 6.92 Å². The predicted octanol–water partition coefficient (Wildman–Crippen LogP) is 2.26. The molecular weight excluding hydrogens is 230 g/mol. The van der Waals surface area contributed by atoms with Crippen LogP contribution in [0.2, 0.25) is 0 Å². The van der Waals surface area contributed by atoms with E-state index >= 15 is 0 Å². The lowest BCUT2D eigenvalue weighted by Crippen LogP contribution is -1.88. The lowest BCUT2D eigenvalue weighted by Gasteiger charge is -1.87. The second-order valence-corrected chi connectivity index (χ2v) is 6.93. The molecule has 0 aliphatic heterocycles. The minimum atomic E-state index is -3.59. The molecule has 1 aliphatic rings. The number of halogens is 1. The third kappa shape index (κ3) is 1.87. The largest absolute Gasteiger partial charge is 0.272 e. The maximum absolute atomic E-state index is 11.0. The lowest BCUT2D eigenvalue weighted by atomic mass is 10.4. The molecule has 3 nitrogen and oxygen atoms in total. The minimum Gasteiger partial charge on any atom is -0.245 e.